The standard InChI is InChI=1S/C4H8O2.3C3H7O.Al/c1-3-6-4(2)5;3*1-3(2)4;/h3H2,1-2H3;3*3H,1-2H3;/q;3*-1;+3. The largest absolute Gasteiger partial charge is 3.00 e. The summed E-state index contributed by atoms with van der Waals surface area (Å²) < 4.78 is 4.40. The van der Waals surface area contributed by atoms with Gasteiger partial charge in [0.25, 0.3) is 0 Å². The fourth-order valence-electron chi connectivity index (χ4n) is 0.203. The van der Waals surface area contributed by atoms with Crippen molar-refractivity contribution in [2.75, 3.05) is 6.61 Å². The van der Waals surface area contributed by atoms with Gasteiger partial charge in [-0.2, -0.15) is 0 Å². The molecule has 0 bridgehead atoms. The van der Waals surface area contributed by atoms with Gasteiger partial charge in [0, 0.05) is 6.92 Å². The molecule has 114 valence electrons. The van der Waals surface area contributed by atoms with Crippen LogP contribution in [0, 0.1) is 0 Å². The van der Waals surface area contributed by atoms with E-state index in [0.29, 0.717) is 6.61 Å². The van der Waals surface area contributed by atoms with E-state index in [4.69, 9.17) is 0 Å². The van der Waals surface area contributed by atoms with Crippen molar-refractivity contribution in [3.05, 3.63) is 0 Å². The van der Waals surface area contributed by atoms with Gasteiger partial charge >= 0.3 is 23.3 Å². The molecule has 6 heteroatoms. The van der Waals surface area contributed by atoms with Gasteiger partial charge in [-0.3, -0.25) is 4.79 Å². The van der Waals surface area contributed by atoms with Crippen molar-refractivity contribution in [3.8, 4) is 0 Å². The van der Waals surface area contributed by atoms with Crippen LogP contribution in [-0.4, -0.2) is 48.2 Å². The number of hydrogen-bond acceptors (Lipinski definition) is 5. The molecule has 0 amide bonds. The maximum atomic E-state index is 9.82. The van der Waals surface area contributed by atoms with Crippen molar-refractivity contribution < 1.29 is 24.9 Å². The molecule has 0 saturated heterocycles. The molecule has 0 rings (SSSR count). The van der Waals surface area contributed by atoms with Gasteiger partial charge in [-0.05, 0) is 6.92 Å². The molecule has 0 aromatic heterocycles. The number of carbonyl (C=O) groups is 1. The summed E-state index contributed by atoms with van der Waals surface area (Å²) in [4.78, 5) is 9.82. The number of ether oxygens (including phenoxy) is 1. The first-order valence-electron chi connectivity index (χ1n) is 6.08. The van der Waals surface area contributed by atoms with Crippen LogP contribution in [0.3, 0.4) is 0 Å². The summed E-state index contributed by atoms with van der Waals surface area (Å²) in [6.07, 6.45) is -1.25. The molecule has 0 radical (unpaired) electrons. The summed E-state index contributed by atoms with van der Waals surface area (Å²) in [7, 11) is 0. The number of esters is 1. The predicted molar refractivity (Wildman–Crippen MR) is 73.5 cm³/mol. The Bertz CT molecular complexity index is 127. The van der Waals surface area contributed by atoms with Crippen LogP contribution in [0.15, 0.2) is 0 Å². The average molecular weight is 292 g/mol. The monoisotopic (exact) mass is 292 g/mol. The quantitative estimate of drug-likeness (QED) is 0.477. The van der Waals surface area contributed by atoms with Gasteiger partial charge in [0.05, 0.1) is 6.61 Å². The molecular formula is C13H29AlO5. The van der Waals surface area contributed by atoms with Crippen molar-refractivity contribution in [1.82, 2.24) is 0 Å². The summed E-state index contributed by atoms with van der Waals surface area (Å²) >= 11 is 0. The van der Waals surface area contributed by atoms with Gasteiger partial charge in [-0.25, -0.2) is 0 Å². The van der Waals surface area contributed by atoms with E-state index in [-0.39, 0.29) is 23.3 Å². The molecule has 0 N–H and O–H groups in total. The van der Waals surface area contributed by atoms with Crippen LogP contribution in [0.5, 0.6) is 0 Å². The first-order valence-corrected chi connectivity index (χ1v) is 6.08. The minimum absolute atomic E-state index is 0. The average Bonchev–Trinajstić information content (AvgIpc) is 1.98. The maximum absolute atomic E-state index is 9.82. The van der Waals surface area contributed by atoms with Gasteiger partial charge in [0.1, 0.15) is 0 Å². The topological polar surface area (TPSA) is 95.5 Å². The maximum Gasteiger partial charge on any atom is 3.00 e. The Hall–Kier alpha value is -0.118. The van der Waals surface area contributed by atoms with E-state index in [9.17, 15) is 20.1 Å². The molecule has 0 aliphatic heterocycles. The SMILES string of the molecule is CC(C)[O-].CC(C)[O-].CC(C)[O-].CCOC(C)=O.[Al+3]. The Labute approximate surface area is 129 Å². The summed E-state index contributed by atoms with van der Waals surface area (Å²) in [5.41, 5.74) is 0. The van der Waals surface area contributed by atoms with E-state index in [1.807, 2.05) is 0 Å². The fraction of sp³-hybridized carbons (Fsp3) is 0.923. The van der Waals surface area contributed by atoms with Crippen molar-refractivity contribution in [2.45, 2.75) is 73.7 Å². The molecule has 5 nitrogen and oxygen atoms in total. The van der Waals surface area contributed by atoms with Gasteiger partial charge in [-0.15, -0.1) is 18.3 Å². The zero-order valence-corrected chi connectivity index (χ0v) is 14.7. The minimum Gasteiger partial charge on any atom is -0.852 e. The second kappa shape index (κ2) is 26.4. The van der Waals surface area contributed by atoms with Crippen molar-refractivity contribution >= 4 is 23.3 Å². The smallest absolute Gasteiger partial charge is 0.852 e. The van der Waals surface area contributed by atoms with E-state index in [0.717, 1.165) is 0 Å². The van der Waals surface area contributed by atoms with Gasteiger partial charge < -0.3 is 20.1 Å². The van der Waals surface area contributed by atoms with Crippen LogP contribution in [-0.2, 0) is 9.53 Å². The summed E-state index contributed by atoms with van der Waals surface area (Å²) in [5.74, 6) is -0.211. The second-order valence-electron chi connectivity index (χ2n) is 4.07. The number of hydrogen-bond donors (Lipinski definition) is 0. The van der Waals surface area contributed by atoms with Gasteiger partial charge in [0.15, 0.2) is 0 Å². The molecular weight excluding hydrogens is 263 g/mol. The Morgan fingerprint density at radius 2 is 1.05 bits per heavy atom. The molecule has 0 unspecified atom stereocenters. The third-order valence-corrected chi connectivity index (χ3v) is 0.348. The molecule has 19 heavy (non-hydrogen) atoms. The zero-order valence-electron chi connectivity index (χ0n) is 13.6. The predicted octanol–water partition coefficient (Wildman–Crippen LogP) is -0.546. The third kappa shape index (κ3) is 543. The van der Waals surface area contributed by atoms with E-state index in [1.54, 1.807) is 48.5 Å². The molecule has 0 heterocycles. The molecule has 0 aromatic carbocycles. The molecule has 0 atom stereocenters. The van der Waals surface area contributed by atoms with E-state index in [1.165, 1.54) is 6.92 Å². The minimum atomic E-state index is -0.417. The summed E-state index contributed by atoms with van der Waals surface area (Å²) in [6, 6.07) is 0. The molecule has 0 aliphatic carbocycles. The zero-order chi connectivity index (χ0) is 15.7. The Kier molecular flexibility index (Phi) is 43.6. The van der Waals surface area contributed by atoms with Crippen molar-refractivity contribution in [3.63, 3.8) is 0 Å². The van der Waals surface area contributed by atoms with Crippen LogP contribution < -0.4 is 15.3 Å². The van der Waals surface area contributed by atoms with Crippen molar-refractivity contribution in [1.29, 1.82) is 0 Å². The third-order valence-electron chi connectivity index (χ3n) is 0.348. The van der Waals surface area contributed by atoms with Crippen LogP contribution in [0.4, 0.5) is 0 Å². The molecule has 0 fully saturated rings. The van der Waals surface area contributed by atoms with Gasteiger partial charge in [-0.1, -0.05) is 41.5 Å². The van der Waals surface area contributed by atoms with E-state index in [2.05, 4.69) is 4.74 Å². The summed E-state index contributed by atoms with van der Waals surface area (Å²) in [5, 5.41) is 28.6. The molecule has 0 aliphatic rings. The van der Waals surface area contributed by atoms with Crippen molar-refractivity contribution in [2.24, 2.45) is 0 Å². The molecule has 0 saturated carbocycles. The second-order valence-corrected chi connectivity index (χ2v) is 4.07. The van der Waals surface area contributed by atoms with E-state index < -0.39 is 18.3 Å². The van der Waals surface area contributed by atoms with Gasteiger partial charge in [0.2, 0.25) is 0 Å². The van der Waals surface area contributed by atoms with Crippen LogP contribution >= 0.6 is 0 Å². The first kappa shape index (κ1) is 31.3. The van der Waals surface area contributed by atoms with Crippen LogP contribution in [0.25, 0.3) is 0 Å². The normalized spacial score (nSPS) is 8.11. The fourth-order valence-corrected chi connectivity index (χ4v) is 0.203. The first-order chi connectivity index (χ1) is 7.97. The Morgan fingerprint density at radius 1 is 0.895 bits per heavy atom. The molecule has 0 spiro atoms. The number of rotatable bonds is 1. The number of carbonyl (C=O) groups excluding carboxylic acids is 1. The Balaban J connectivity index is -0.0000000459. The summed E-state index contributed by atoms with van der Waals surface area (Å²) in [6.45, 7) is 13.3. The van der Waals surface area contributed by atoms with Crippen LogP contribution in [0.1, 0.15) is 55.4 Å². The molecule has 0 aromatic rings. The Morgan fingerprint density at radius 3 is 1.05 bits per heavy atom. The van der Waals surface area contributed by atoms with E-state index >= 15 is 0 Å². The van der Waals surface area contributed by atoms with Crippen LogP contribution in [0.2, 0.25) is 0 Å².